The number of ether oxygens (including phenoxy) is 1. The van der Waals surface area contributed by atoms with E-state index in [1.165, 1.54) is 0 Å². The van der Waals surface area contributed by atoms with Crippen molar-refractivity contribution >= 4 is 11.9 Å². The summed E-state index contributed by atoms with van der Waals surface area (Å²) in [5.74, 6) is 1.47. The first-order valence-electron chi connectivity index (χ1n) is 11.4. The van der Waals surface area contributed by atoms with E-state index in [0.29, 0.717) is 36.4 Å². The third kappa shape index (κ3) is 5.61. The molecular formula is C25H25N7O3. The van der Waals surface area contributed by atoms with Crippen LogP contribution in [0.15, 0.2) is 66.9 Å². The fourth-order valence-corrected chi connectivity index (χ4v) is 3.90. The van der Waals surface area contributed by atoms with E-state index in [9.17, 15) is 9.90 Å². The SMILES string of the molecule is O=C(O)c1cccc(-c2n[nH]c(CN3CCN(c4nccc(OCc5ccccc5)n4)CC3)n2)c1. The minimum absolute atomic E-state index is 0.210. The van der Waals surface area contributed by atoms with Crippen LogP contribution < -0.4 is 9.64 Å². The van der Waals surface area contributed by atoms with Crippen molar-refractivity contribution < 1.29 is 14.6 Å². The van der Waals surface area contributed by atoms with E-state index in [0.717, 1.165) is 37.6 Å². The summed E-state index contributed by atoms with van der Waals surface area (Å²) in [5, 5.41) is 16.4. The van der Waals surface area contributed by atoms with Gasteiger partial charge in [-0.2, -0.15) is 10.1 Å². The summed E-state index contributed by atoms with van der Waals surface area (Å²) in [6.07, 6.45) is 1.73. The Balaban J connectivity index is 1.15. The van der Waals surface area contributed by atoms with Gasteiger partial charge in [-0.25, -0.2) is 14.8 Å². The lowest BCUT2D eigenvalue weighted by Gasteiger charge is -2.34. The number of carboxylic acid groups (broad SMARTS) is 1. The molecule has 0 bridgehead atoms. The second-order valence-corrected chi connectivity index (χ2v) is 8.22. The van der Waals surface area contributed by atoms with Crippen LogP contribution in [-0.2, 0) is 13.2 Å². The maximum atomic E-state index is 11.2. The van der Waals surface area contributed by atoms with Gasteiger partial charge in [-0.3, -0.25) is 10.00 Å². The zero-order valence-electron chi connectivity index (χ0n) is 19.0. The summed E-state index contributed by atoms with van der Waals surface area (Å²) in [6.45, 7) is 4.30. The standard InChI is InChI=1S/C25H25N7O3/c33-24(34)20-8-4-7-19(15-20)23-27-21(29-30-23)16-31-11-13-32(14-12-31)25-26-10-9-22(28-25)35-17-18-5-2-1-3-6-18/h1-10,15H,11-14,16-17H2,(H,33,34)(H,27,29,30). The van der Waals surface area contributed by atoms with Gasteiger partial charge in [-0.15, -0.1) is 0 Å². The van der Waals surface area contributed by atoms with Crippen LogP contribution in [0.3, 0.4) is 0 Å². The molecule has 1 fully saturated rings. The number of carboxylic acids is 1. The number of nitrogens with one attached hydrogen (secondary N) is 1. The Morgan fingerprint density at radius 1 is 1.00 bits per heavy atom. The number of aromatic carboxylic acids is 1. The molecule has 0 unspecified atom stereocenters. The van der Waals surface area contributed by atoms with Gasteiger partial charge in [0.25, 0.3) is 0 Å². The van der Waals surface area contributed by atoms with Gasteiger partial charge in [0.1, 0.15) is 12.4 Å². The molecule has 0 spiro atoms. The number of aromatic nitrogens is 5. The van der Waals surface area contributed by atoms with E-state index < -0.39 is 5.97 Å². The smallest absolute Gasteiger partial charge is 0.335 e. The van der Waals surface area contributed by atoms with Gasteiger partial charge >= 0.3 is 5.97 Å². The topological polar surface area (TPSA) is 120 Å². The molecule has 2 N–H and O–H groups in total. The predicted molar refractivity (Wildman–Crippen MR) is 129 cm³/mol. The zero-order valence-corrected chi connectivity index (χ0v) is 19.0. The fourth-order valence-electron chi connectivity index (χ4n) is 3.90. The molecule has 1 aliphatic heterocycles. The Bertz CT molecular complexity index is 1290. The molecule has 0 atom stereocenters. The number of H-pyrrole nitrogens is 1. The summed E-state index contributed by atoms with van der Waals surface area (Å²) >= 11 is 0. The molecule has 1 aliphatic rings. The highest BCUT2D eigenvalue weighted by atomic mass is 16.5. The summed E-state index contributed by atoms with van der Waals surface area (Å²) in [5.41, 5.74) is 1.97. The highest BCUT2D eigenvalue weighted by molar-refractivity contribution is 5.89. The molecule has 3 heterocycles. The first kappa shape index (κ1) is 22.5. The van der Waals surface area contributed by atoms with E-state index in [1.54, 1.807) is 36.5 Å². The monoisotopic (exact) mass is 471 g/mol. The molecule has 0 aliphatic carbocycles. The quantitative estimate of drug-likeness (QED) is 0.400. The molecule has 1 saturated heterocycles. The van der Waals surface area contributed by atoms with Crippen LogP contribution in [0.4, 0.5) is 5.95 Å². The van der Waals surface area contributed by atoms with E-state index in [-0.39, 0.29) is 5.56 Å². The van der Waals surface area contributed by atoms with Gasteiger partial charge in [0.05, 0.1) is 12.1 Å². The lowest BCUT2D eigenvalue weighted by atomic mass is 10.1. The van der Waals surface area contributed by atoms with Crippen molar-refractivity contribution in [3.8, 4) is 17.3 Å². The maximum absolute atomic E-state index is 11.2. The zero-order chi connectivity index (χ0) is 24.0. The largest absolute Gasteiger partial charge is 0.478 e. The van der Waals surface area contributed by atoms with Crippen LogP contribution in [0.25, 0.3) is 11.4 Å². The predicted octanol–water partition coefficient (Wildman–Crippen LogP) is 2.86. The van der Waals surface area contributed by atoms with Crippen LogP contribution in [0.5, 0.6) is 5.88 Å². The van der Waals surface area contributed by atoms with Gasteiger partial charge in [0, 0.05) is 44.0 Å². The molecule has 2 aromatic heterocycles. The van der Waals surface area contributed by atoms with E-state index in [2.05, 4.69) is 34.9 Å². The number of benzene rings is 2. The molecule has 0 radical (unpaired) electrons. The molecule has 35 heavy (non-hydrogen) atoms. The second kappa shape index (κ2) is 10.3. The lowest BCUT2D eigenvalue weighted by Crippen LogP contribution is -2.46. The van der Waals surface area contributed by atoms with Crippen LogP contribution in [0.1, 0.15) is 21.7 Å². The van der Waals surface area contributed by atoms with E-state index >= 15 is 0 Å². The Labute approximate surface area is 202 Å². The number of anilines is 1. The highest BCUT2D eigenvalue weighted by Gasteiger charge is 2.21. The first-order valence-corrected chi connectivity index (χ1v) is 11.4. The molecule has 4 aromatic rings. The molecular weight excluding hydrogens is 446 g/mol. The Morgan fingerprint density at radius 3 is 2.63 bits per heavy atom. The number of hydrogen-bond acceptors (Lipinski definition) is 8. The number of rotatable bonds is 8. The van der Waals surface area contributed by atoms with Crippen molar-refractivity contribution in [2.45, 2.75) is 13.2 Å². The summed E-state index contributed by atoms with van der Waals surface area (Å²) in [6, 6.07) is 18.4. The average molecular weight is 472 g/mol. The number of aromatic amines is 1. The molecule has 10 nitrogen and oxygen atoms in total. The van der Waals surface area contributed by atoms with Crippen LogP contribution in [0, 0.1) is 0 Å². The molecule has 2 aromatic carbocycles. The third-order valence-electron chi connectivity index (χ3n) is 5.77. The van der Waals surface area contributed by atoms with Crippen LogP contribution in [0.2, 0.25) is 0 Å². The number of piperazine rings is 1. The number of carbonyl (C=O) groups is 1. The Kier molecular flexibility index (Phi) is 6.62. The van der Waals surface area contributed by atoms with Gasteiger partial charge in [-0.05, 0) is 17.7 Å². The van der Waals surface area contributed by atoms with Crippen molar-refractivity contribution in [1.29, 1.82) is 0 Å². The van der Waals surface area contributed by atoms with Crippen molar-refractivity contribution in [2.24, 2.45) is 0 Å². The number of hydrogen-bond donors (Lipinski definition) is 2. The van der Waals surface area contributed by atoms with Crippen molar-refractivity contribution in [3.63, 3.8) is 0 Å². The average Bonchev–Trinajstić information content (AvgIpc) is 3.37. The lowest BCUT2D eigenvalue weighted by molar-refractivity contribution is 0.0697. The minimum atomic E-state index is -0.974. The Morgan fingerprint density at radius 2 is 1.83 bits per heavy atom. The maximum Gasteiger partial charge on any atom is 0.335 e. The highest BCUT2D eigenvalue weighted by Crippen LogP contribution is 2.19. The summed E-state index contributed by atoms with van der Waals surface area (Å²) < 4.78 is 5.84. The van der Waals surface area contributed by atoms with Crippen LogP contribution >= 0.6 is 0 Å². The van der Waals surface area contributed by atoms with Gasteiger partial charge in [0.2, 0.25) is 11.8 Å². The molecule has 0 saturated carbocycles. The number of nitrogens with zero attached hydrogens (tertiary/aromatic N) is 6. The normalized spacial score (nSPS) is 14.1. The first-order chi connectivity index (χ1) is 17.1. The van der Waals surface area contributed by atoms with Gasteiger partial charge in [-0.1, -0.05) is 42.5 Å². The van der Waals surface area contributed by atoms with Crippen LogP contribution in [-0.4, -0.2) is 67.3 Å². The van der Waals surface area contributed by atoms with Gasteiger partial charge < -0.3 is 14.7 Å². The molecule has 10 heteroatoms. The van der Waals surface area contributed by atoms with Gasteiger partial charge in [0.15, 0.2) is 5.82 Å². The van der Waals surface area contributed by atoms with Crippen molar-refractivity contribution in [2.75, 3.05) is 31.1 Å². The summed E-state index contributed by atoms with van der Waals surface area (Å²) in [4.78, 5) is 29.2. The molecule has 0 amide bonds. The Hall–Kier alpha value is -4.31. The molecule has 5 rings (SSSR count). The van der Waals surface area contributed by atoms with E-state index in [4.69, 9.17) is 4.74 Å². The molecule has 178 valence electrons. The minimum Gasteiger partial charge on any atom is -0.478 e. The van der Waals surface area contributed by atoms with Crippen molar-refractivity contribution in [1.82, 2.24) is 30.0 Å². The second-order valence-electron chi connectivity index (χ2n) is 8.22. The third-order valence-corrected chi connectivity index (χ3v) is 5.77. The fraction of sp³-hybridized carbons (Fsp3) is 0.240. The van der Waals surface area contributed by atoms with E-state index in [1.807, 2.05) is 30.3 Å². The summed E-state index contributed by atoms with van der Waals surface area (Å²) in [7, 11) is 0. The van der Waals surface area contributed by atoms with Crippen molar-refractivity contribution in [3.05, 3.63) is 83.8 Å².